The summed E-state index contributed by atoms with van der Waals surface area (Å²) in [6, 6.07) is 7.59. The lowest BCUT2D eigenvalue weighted by Gasteiger charge is -2.06. The summed E-state index contributed by atoms with van der Waals surface area (Å²) in [7, 11) is -3.69. The molecule has 3 N–H and O–H groups in total. The first kappa shape index (κ1) is 15.7. The molecule has 0 amide bonds. The quantitative estimate of drug-likeness (QED) is 0.850. The molecule has 0 radical (unpaired) electrons. The monoisotopic (exact) mass is 311 g/mol. The van der Waals surface area contributed by atoms with E-state index in [0.717, 1.165) is 5.69 Å². The van der Waals surface area contributed by atoms with E-state index in [0.29, 0.717) is 12.1 Å². The summed E-state index contributed by atoms with van der Waals surface area (Å²) in [4.78, 5) is 0.140. The number of rotatable bonds is 6. The molecule has 2 rings (SSSR count). The summed E-state index contributed by atoms with van der Waals surface area (Å²) < 4.78 is 42.1. The molecular formula is C14H18FN3O2S. The lowest BCUT2D eigenvalue weighted by Crippen LogP contribution is -2.23. The van der Waals surface area contributed by atoms with Gasteiger partial charge in [0.25, 0.3) is 0 Å². The molecule has 1 aromatic heterocycles. The van der Waals surface area contributed by atoms with Crippen molar-refractivity contribution in [2.45, 2.75) is 31.5 Å². The Morgan fingerprint density at radius 2 is 2.05 bits per heavy atom. The van der Waals surface area contributed by atoms with Crippen molar-refractivity contribution in [2.24, 2.45) is 5.73 Å². The van der Waals surface area contributed by atoms with Gasteiger partial charge in [-0.1, -0.05) is 18.2 Å². The maximum atomic E-state index is 13.5. The van der Waals surface area contributed by atoms with Gasteiger partial charge >= 0.3 is 0 Å². The Morgan fingerprint density at radius 3 is 2.62 bits per heavy atom. The van der Waals surface area contributed by atoms with E-state index in [9.17, 15) is 12.8 Å². The second-order valence-corrected chi connectivity index (χ2v) is 6.34. The van der Waals surface area contributed by atoms with Crippen LogP contribution in [0.4, 0.5) is 4.39 Å². The van der Waals surface area contributed by atoms with E-state index in [-0.39, 0.29) is 18.0 Å². The number of aromatic nitrogens is 1. The summed E-state index contributed by atoms with van der Waals surface area (Å²) in [6.45, 7) is 2.71. The van der Waals surface area contributed by atoms with Crippen LogP contribution in [-0.4, -0.2) is 13.0 Å². The van der Waals surface area contributed by atoms with Crippen molar-refractivity contribution in [1.82, 2.24) is 9.29 Å². The molecule has 0 saturated heterocycles. The number of halogens is 1. The van der Waals surface area contributed by atoms with Gasteiger partial charge < -0.3 is 10.3 Å². The molecule has 7 heteroatoms. The molecule has 1 heterocycles. The minimum absolute atomic E-state index is 0.0930. The fraction of sp³-hybridized carbons (Fsp3) is 0.286. The minimum atomic E-state index is -3.69. The van der Waals surface area contributed by atoms with Gasteiger partial charge in [0.1, 0.15) is 5.82 Å². The van der Waals surface area contributed by atoms with Gasteiger partial charge in [0.2, 0.25) is 10.0 Å². The predicted octanol–water partition coefficient (Wildman–Crippen LogP) is 1.58. The van der Waals surface area contributed by atoms with Gasteiger partial charge in [-0.25, -0.2) is 17.5 Å². The van der Waals surface area contributed by atoms with Crippen LogP contribution < -0.4 is 10.5 Å². The standard InChI is InChI=1S/C14H18FN3O2S/c1-2-18-10-13(7-12(18)8-16)21(19,20)17-9-11-5-3-4-6-14(11)15/h3-7,10,17H,2,8-9,16H2,1H3. The molecular weight excluding hydrogens is 293 g/mol. The van der Waals surface area contributed by atoms with Gasteiger partial charge in [0.05, 0.1) is 4.90 Å². The van der Waals surface area contributed by atoms with Gasteiger partial charge in [0.15, 0.2) is 0 Å². The normalized spacial score (nSPS) is 11.8. The van der Waals surface area contributed by atoms with Crippen molar-refractivity contribution in [3.8, 4) is 0 Å². The molecule has 0 bridgehead atoms. The van der Waals surface area contributed by atoms with Crippen LogP contribution in [0, 0.1) is 5.82 Å². The van der Waals surface area contributed by atoms with Crippen molar-refractivity contribution in [3.63, 3.8) is 0 Å². The Labute approximate surface area is 123 Å². The van der Waals surface area contributed by atoms with Crippen LogP contribution in [0.2, 0.25) is 0 Å². The highest BCUT2D eigenvalue weighted by Crippen LogP contribution is 2.15. The van der Waals surface area contributed by atoms with Crippen LogP contribution in [0.5, 0.6) is 0 Å². The van der Waals surface area contributed by atoms with Gasteiger partial charge in [0, 0.05) is 37.1 Å². The zero-order chi connectivity index (χ0) is 15.5. The summed E-state index contributed by atoms with van der Waals surface area (Å²) in [5, 5.41) is 0. The van der Waals surface area contributed by atoms with Gasteiger partial charge in [-0.3, -0.25) is 0 Å². The highest BCUT2D eigenvalue weighted by Gasteiger charge is 2.18. The molecule has 1 aromatic carbocycles. The first-order valence-corrected chi connectivity index (χ1v) is 8.08. The van der Waals surface area contributed by atoms with Crippen molar-refractivity contribution in [2.75, 3.05) is 0 Å². The molecule has 21 heavy (non-hydrogen) atoms. The van der Waals surface area contributed by atoms with E-state index in [2.05, 4.69) is 4.72 Å². The molecule has 5 nitrogen and oxygen atoms in total. The average molecular weight is 311 g/mol. The number of hydrogen-bond acceptors (Lipinski definition) is 3. The highest BCUT2D eigenvalue weighted by atomic mass is 32.2. The first-order valence-electron chi connectivity index (χ1n) is 6.60. The third-order valence-electron chi connectivity index (χ3n) is 3.23. The van der Waals surface area contributed by atoms with Gasteiger partial charge in [-0.05, 0) is 19.1 Å². The molecule has 2 aromatic rings. The van der Waals surface area contributed by atoms with Gasteiger partial charge in [-0.15, -0.1) is 0 Å². The fourth-order valence-corrected chi connectivity index (χ4v) is 3.11. The van der Waals surface area contributed by atoms with Gasteiger partial charge in [-0.2, -0.15) is 0 Å². The molecule has 0 atom stereocenters. The Kier molecular flexibility index (Phi) is 4.76. The van der Waals surface area contributed by atoms with Crippen molar-refractivity contribution in [1.29, 1.82) is 0 Å². The molecule has 114 valence electrons. The topological polar surface area (TPSA) is 77.1 Å². The Bertz CT molecular complexity index is 704. The zero-order valence-corrected chi connectivity index (χ0v) is 12.5. The van der Waals surface area contributed by atoms with Crippen molar-refractivity contribution >= 4 is 10.0 Å². The Morgan fingerprint density at radius 1 is 1.33 bits per heavy atom. The van der Waals surface area contributed by atoms with Crippen LogP contribution >= 0.6 is 0 Å². The predicted molar refractivity (Wildman–Crippen MR) is 78.4 cm³/mol. The minimum Gasteiger partial charge on any atom is -0.349 e. The molecule has 0 unspecified atom stereocenters. The SMILES string of the molecule is CCn1cc(S(=O)(=O)NCc2ccccc2F)cc1CN. The smallest absolute Gasteiger partial charge is 0.242 e. The molecule has 0 fully saturated rings. The first-order chi connectivity index (χ1) is 9.97. The second kappa shape index (κ2) is 6.38. The van der Waals surface area contributed by atoms with E-state index in [4.69, 9.17) is 5.73 Å². The summed E-state index contributed by atoms with van der Waals surface area (Å²) in [5.74, 6) is -0.436. The molecule has 0 aliphatic carbocycles. The third kappa shape index (κ3) is 3.49. The second-order valence-electron chi connectivity index (χ2n) is 4.57. The molecule has 0 aliphatic heterocycles. The number of aryl methyl sites for hydroxylation is 1. The number of benzene rings is 1. The number of nitrogens with zero attached hydrogens (tertiary/aromatic N) is 1. The van der Waals surface area contributed by atoms with E-state index in [1.807, 2.05) is 6.92 Å². The zero-order valence-electron chi connectivity index (χ0n) is 11.7. The number of nitrogens with one attached hydrogen (secondary N) is 1. The third-order valence-corrected chi connectivity index (χ3v) is 4.60. The summed E-state index contributed by atoms with van der Waals surface area (Å²) in [6.07, 6.45) is 1.53. The average Bonchev–Trinajstić information content (AvgIpc) is 2.90. The van der Waals surface area contributed by atoms with E-state index < -0.39 is 15.8 Å². The van der Waals surface area contributed by atoms with Crippen LogP contribution in [0.3, 0.4) is 0 Å². The van der Waals surface area contributed by atoms with Crippen LogP contribution in [0.15, 0.2) is 41.4 Å². The van der Waals surface area contributed by atoms with Crippen molar-refractivity contribution < 1.29 is 12.8 Å². The lowest BCUT2D eigenvalue weighted by atomic mass is 10.2. The number of sulfonamides is 1. The van der Waals surface area contributed by atoms with E-state index >= 15 is 0 Å². The lowest BCUT2D eigenvalue weighted by molar-refractivity contribution is 0.574. The van der Waals surface area contributed by atoms with E-state index in [1.165, 1.54) is 18.3 Å². The van der Waals surface area contributed by atoms with E-state index in [1.54, 1.807) is 22.8 Å². The summed E-state index contributed by atoms with van der Waals surface area (Å²) in [5.41, 5.74) is 6.62. The maximum absolute atomic E-state index is 13.5. The fourth-order valence-electron chi connectivity index (χ4n) is 2.04. The Balaban J connectivity index is 2.19. The molecule has 0 saturated carbocycles. The maximum Gasteiger partial charge on any atom is 0.242 e. The summed E-state index contributed by atoms with van der Waals surface area (Å²) >= 11 is 0. The molecule has 0 spiro atoms. The largest absolute Gasteiger partial charge is 0.349 e. The molecule has 0 aliphatic rings. The van der Waals surface area contributed by atoms with Crippen LogP contribution in [-0.2, 0) is 29.7 Å². The Hall–Kier alpha value is -1.70. The van der Waals surface area contributed by atoms with Crippen LogP contribution in [0.25, 0.3) is 0 Å². The van der Waals surface area contributed by atoms with Crippen LogP contribution in [0.1, 0.15) is 18.2 Å². The highest BCUT2D eigenvalue weighted by molar-refractivity contribution is 7.89. The van der Waals surface area contributed by atoms with Crippen molar-refractivity contribution in [3.05, 3.63) is 53.6 Å². The number of hydrogen-bond donors (Lipinski definition) is 2. The number of nitrogens with two attached hydrogens (primary N) is 1.